The summed E-state index contributed by atoms with van der Waals surface area (Å²) in [6.07, 6.45) is 2.48. The molecular formula is C16H13Cl2N3O. The number of aryl methyl sites for hydroxylation is 1. The van der Waals surface area contributed by atoms with Crippen LogP contribution in [0.25, 0.3) is 5.65 Å². The van der Waals surface area contributed by atoms with E-state index in [0.717, 1.165) is 11.3 Å². The third-order valence-electron chi connectivity index (χ3n) is 3.35. The highest BCUT2D eigenvalue weighted by Crippen LogP contribution is 2.30. The Labute approximate surface area is 137 Å². The number of carbonyl (C=O) groups is 1. The molecule has 0 aliphatic carbocycles. The van der Waals surface area contributed by atoms with Gasteiger partial charge < -0.3 is 5.32 Å². The Kier molecular flexibility index (Phi) is 4.05. The Morgan fingerprint density at radius 3 is 2.82 bits per heavy atom. The van der Waals surface area contributed by atoms with Crippen molar-refractivity contribution < 1.29 is 4.79 Å². The molecule has 0 bridgehead atoms. The van der Waals surface area contributed by atoms with E-state index in [1.54, 1.807) is 22.6 Å². The minimum atomic E-state index is -0.264. The number of nitrogens with zero attached hydrogens (tertiary/aromatic N) is 2. The largest absolute Gasteiger partial charge is 0.319 e. The number of carbonyl (C=O) groups excluding carboxylic acids is 1. The maximum Gasteiger partial charge on any atom is 0.274 e. The molecule has 1 N–H and O–H groups in total. The molecule has 6 heteroatoms. The van der Waals surface area contributed by atoms with Crippen LogP contribution in [0.4, 0.5) is 5.69 Å². The molecule has 1 amide bonds. The monoisotopic (exact) mass is 333 g/mol. The first-order valence-corrected chi connectivity index (χ1v) is 7.58. The van der Waals surface area contributed by atoms with E-state index >= 15 is 0 Å². The maximum absolute atomic E-state index is 12.7. The number of imidazole rings is 1. The van der Waals surface area contributed by atoms with Gasteiger partial charge in [-0.3, -0.25) is 9.20 Å². The smallest absolute Gasteiger partial charge is 0.274 e. The summed E-state index contributed by atoms with van der Waals surface area (Å²) in [6.45, 7) is 1.96. The van der Waals surface area contributed by atoms with E-state index in [9.17, 15) is 4.79 Å². The van der Waals surface area contributed by atoms with Crippen molar-refractivity contribution in [3.8, 4) is 0 Å². The minimum Gasteiger partial charge on any atom is -0.319 e. The molecule has 112 valence electrons. The molecule has 4 nitrogen and oxygen atoms in total. The number of benzene rings is 1. The van der Waals surface area contributed by atoms with Crippen LogP contribution in [0.1, 0.15) is 23.1 Å². The van der Waals surface area contributed by atoms with Crippen LogP contribution >= 0.6 is 23.2 Å². The summed E-state index contributed by atoms with van der Waals surface area (Å²) < 4.78 is 1.77. The summed E-state index contributed by atoms with van der Waals surface area (Å²) >= 11 is 12.1. The summed E-state index contributed by atoms with van der Waals surface area (Å²) in [6, 6.07) is 10.7. The van der Waals surface area contributed by atoms with Crippen molar-refractivity contribution in [1.29, 1.82) is 0 Å². The number of nitrogens with one attached hydrogen (secondary N) is 1. The summed E-state index contributed by atoms with van der Waals surface area (Å²) in [5.41, 5.74) is 2.46. The average Bonchev–Trinajstić information content (AvgIpc) is 2.90. The molecule has 0 spiro atoms. The van der Waals surface area contributed by atoms with Gasteiger partial charge in [0.25, 0.3) is 5.91 Å². The lowest BCUT2D eigenvalue weighted by Gasteiger charge is -2.09. The zero-order valence-corrected chi connectivity index (χ0v) is 13.3. The zero-order valence-electron chi connectivity index (χ0n) is 11.8. The summed E-state index contributed by atoms with van der Waals surface area (Å²) in [5.74, 6) is -0.264. The van der Waals surface area contributed by atoms with Crippen LogP contribution in [0, 0.1) is 0 Å². The van der Waals surface area contributed by atoms with Crippen LogP contribution in [0.15, 0.2) is 42.6 Å². The first-order chi connectivity index (χ1) is 10.6. The molecular weight excluding hydrogens is 321 g/mol. The van der Waals surface area contributed by atoms with E-state index in [4.69, 9.17) is 23.2 Å². The van der Waals surface area contributed by atoms with Crippen LogP contribution in [-0.2, 0) is 6.42 Å². The van der Waals surface area contributed by atoms with Gasteiger partial charge in [-0.05, 0) is 30.7 Å². The van der Waals surface area contributed by atoms with Gasteiger partial charge in [0, 0.05) is 6.20 Å². The fourth-order valence-corrected chi connectivity index (χ4v) is 2.66. The fourth-order valence-electron chi connectivity index (χ4n) is 2.31. The van der Waals surface area contributed by atoms with Gasteiger partial charge in [-0.25, -0.2) is 4.98 Å². The van der Waals surface area contributed by atoms with Crippen LogP contribution in [0.3, 0.4) is 0 Å². The predicted octanol–water partition coefficient (Wildman–Crippen LogP) is 4.46. The average molecular weight is 334 g/mol. The van der Waals surface area contributed by atoms with Crippen molar-refractivity contribution in [3.63, 3.8) is 0 Å². The van der Waals surface area contributed by atoms with E-state index in [1.807, 2.05) is 31.3 Å². The second-order valence-electron chi connectivity index (χ2n) is 4.74. The molecule has 3 aromatic rings. The van der Waals surface area contributed by atoms with Crippen molar-refractivity contribution in [2.75, 3.05) is 5.32 Å². The number of fused-ring (bicyclic) bond motifs is 1. The lowest BCUT2D eigenvalue weighted by Crippen LogP contribution is -2.16. The predicted molar refractivity (Wildman–Crippen MR) is 89.0 cm³/mol. The molecule has 22 heavy (non-hydrogen) atoms. The number of aromatic nitrogens is 2. The quantitative estimate of drug-likeness (QED) is 0.769. The van der Waals surface area contributed by atoms with Gasteiger partial charge in [0.05, 0.1) is 21.4 Å². The minimum absolute atomic E-state index is 0.264. The number of hydrogen-bond donors (Lipinski definition) is 1. The molecule has 3 rings (SSSR count). The summed E-state index contributed by atoms with van der Waals surface area (Å²) in [5, 5.41) is 3.52. The fraction of sp³-hybridized carbons (Fsp3) is 0.125. The number of amides is 1. The third-order valence-corrected chi connectivity index (χ3v) is 4.17. The van der Waals surface area contributed by atoms with Crippen molar-refractivity contribution in [1.82, 2.24) is 9.38 Å². The van der Waals surface area contributed by atoms with E-state index in [2.05, 4.69) is 10.3 Å². The molecule has 0 atom stereocenters. The highest BCUT2D eigenvalue weighted by molar-refractivity contribution is 6.44. The Bertz CT molecular complexity index is 858. The Morgan fingerprint density at radius 2 is 2.05 bits per heavy atom. The molecule has 0 unspecified atom stereocenters. The van der Waals surface area contributed by atoms with E-state index in [0.29, 0.717) is 27.8 Å². The first-order valence-electron chi connectivity index (χ1n) is 6.83. The van der Waals surface area contributed by atoms with Crippen molar-refractivity contribution in [2.45, 2.75) is 13.3 Å². The molecule has 2 heterocycles. The zero-order chi connectivity index (χ0) is 15.7. The number of halogens is 2. The second kappa shape index (κ2) is 5.99. The topological polar surface area (TPSA) is 46.4 Å². The lowest BCUT2D eigenvalue weighted by atomic mass is 10.2. The Balaban J connectivity index is 2.04. The molecule has 2 aromatic heterocycles. The van der Waals surface area contributed by atoms with Gasteiger partial charge in [-0.15, -0.1) is 0 Å². The molecule has 0 aliphatic heterocycles. The third kappa shape index (κ3) is 2.56. The Morgan fingerprint density at radius 1 is 1.23 bits per heavy atom. The second-order valence-corrected chi connectivity index (χ2v) is 5.53. The van der Waals surface area contributed by atoms with Crippen LogP contribution < -0.4 is 5.32 Å². The first kappa shape index (κ1) is 14.9. The molecule has 0 fully saturated rings. The Hall–Kier alpha value is -2.04. The normalized spacial score (nSPS) is 10.9. The molecule has 0 radical (unpaired) electrons. The van der Waals surface area contributed by atoms with Crippen molar-refractivity contribution >= 4 is 40.4 Å². The number of rotatable bonds is 3. The summed E-state index contributed by atoms with van der Waals surface area (Å²) in [7, 11) is 0. The maximum atomic E-state index is 12.7. The number of anilines is 1. The number of pyridine rings is 1. The van der Waals surface area contributed by atoms with Crippen LogP contribution in [0.2, 0.25) is 10.0 Å². The van der Waals surface area contributed by atoms with E-state index in [1.165, 1.54) is 0 Å². The molecule has 0 saturated heterocycles. The molecule has 0 aliphatic rings. The number of hydrogen-bond acceptors (Lipinski definition) is 2. The molecule has 0 saturated carbocycles. The van der Waals surface area contributed by atoms with Gasteiger partial charge >= 0.3 is 0 Å². The van der Waals surface area contributed by atoms with Crippen LogP contribution in [-0.4, -0.2) is 15.3 Å². The van der Waals surface area contributed by atoms with Crippen LogP contribution in [0.5, 0.6) is 0 Å². The van der Waals surface area contributed by atoms with Crippen molar-refractivity contribution in [3.05, 3.63) is 64.0 Å². The standard InChI is InChI=1S/C16H13Cl2N3O/c1-2-11-15(21-9-4-3-8-13(21)19-11)16(22)20-12-7-5-6-10(17)14(12)18/h3-9H,2H2,1H3,(H,20,22). The van der Waals surface area contributed by atoms with E-state index < -0.39 is 0 Å². The summed E-state index contributed by atoms with van der Waals surface area (Å²) in [4.78, 5) is 17.1. The highest BCUT2D eigenvalue weighted by Gasteiger charge is 2.19. The SMILES string of the molecule is CCc1nc2ccccn2c1C(=O)Nc1cccc(Cl)c1Cl. The lowest BCUT2D eigenvalue weighted by molar-refractivity contribution is 0.102. The van der Waals surface area contributed by atoms with Gasteiger partial charge in [-0.2, -0.15) is 0 Å². The van der Waals surface area contributed by atoms with Gasteiger partial charge in [0.2, 0.25) is 0 Å². The van der Waals surface area contributed by atoms with E-state index in [-0.39, 0.29) is 5.91 Å². The highest BCUT2D eigenvalue weighted by atomic mass is 35.5. The van der Waals surface area contributed by atoms with Gasteiger partial charge in [-0.1, -0.05) is 42.3 Å². The van der Waals surface area contributed by atoms with Crippen molar-refractivity contribution in [2.24, 2.45) is 0 Å². The van der Waals surface area contributed by atoms with Gasteiger partial charge in [0.1, 0.15) is 11.3 Å². The molecule has 1 aromatic carbocycles. The van der Waals surface area contributed by atoms with Gasteiger partial charge in [0.15, 0.2) is 0 Å².